The highest BCUT2D eigenvalue weighted by molar-refractivity contribution is 5.64. The maximum Gasteiger partial charge on any atom is 0.227 e. The Labute approximate surface area is 133 Å². The van der Waals surface area contributed by atoms with Crippen LogP contribution in [0.2, 0.25) is 0 Å². The summed E-state index contributed by atoms with van der Waals surface area (Å²) >= 11 is 0. The predicted octanol–water partition coefficient (Wildman–Crippen LogP) is 4.29. The monoisotopic (exact) mass is 306 g/mol. The lowest BCUT2D eigenvalue weighted by molar-refractivity contribution is 0.415. The standard InChI is InChI=1S/C17H14N4O2/c1-23-15-7-5-12(6-8-15)16-9-10-18-17(20-16)19-13-3-2-4-14(11-13)21-22/h2-11H,1H3,(H,18,19,20). The third-order valence-corrected chi connectivity index (χ3v) is 3.25. The lowest BCUT2D eigenvalue weighted by Gasteiger charge is -2.07. The van der Waals surface area contributed by atoms with E-state index in [4.69, 9.17) is 4.74 Å². The van der Waals surface area contributed by atoms with E-state index in [1.165, 1.54) is 0 Å². The highest BCUT2D eigenvalue weighted by Crippen LogP contribution is 2.23. The number of ether oxygens (including phenoxy) is 1. The minimum absolute atomic E-state index is 0.348. The van der Waals surface area contributed by atoms with Gasteiger partial charge in [-0.3, -0.25) is 0 Å². The van der Waals surface area contributed by atoms with E-state index in [2.05, 4.69) is 20.5 Å². The van der Waals surface area contributed by atoms with Crippen LogP contribution in [0.3, 0.4) is 0 Å². The van der Waals surface area contributed by atoms with Gasteiger partial charge in [0, 0.05) is 17.4 Å². The SMILES string of the molecule is COc1ccc(-c2ccnc(Nc3cccc(N=O)c3)n2)cc1. The van der Waals surface area contributed by atoms with Gasteiger partial charge in [0.1, 0.15) is 11.4 Å². The van der Waals surface area contributed by atoms with Crippen molar-refractivity contribution in [2.24, 2.45) is 5.18 Å². The number of nitrogens with zero attached hydrogens (tertiary/aromatic N) is 3. The Bertz CT molecular complexity index is 819. The fourth-order valence-electron chi connectivity index (χ4n) is 2.11. The van der Waals surface area contributed by atoms with Gasteiger partial charge in [0.15, 0.2) is 0 Å². The van der Waals surface area contributed by atoms with Crippen LogP contribution in [0.15, 0.2) is 66.0 Å². The molecule has 0 saturated heterocycles. The molecule has 1 heterocycles. The van der Waals surface area contributed by atoms with E-state index in [1.807, 2.05) is 36.4 Å². The molecule has 0 radical (unpaired) electrons. The van der Waals surface area contributed by atoms with Crippen LogP contribution in [0.25, 0.3) is 11.3 Å². The summed E-state index contributed by atoms with van der Waals surface area (Å²) in [5, 5.41) is 5.98. The lowest BCUT2D eigenvalue weighted by atomic mass is 10.1. The summed E-state index contributed by atoms with van der Waals surface area (Å²) in [5.74, 6) is 1.24. The van der Waals surface area contributed by atoms with Gasteiger partial charge in [0.05, 0.1) is 12.8 Å². The largest absolute Gasteiger partial charge is 0.497 e. The highest BCUT2D eigenvalue weighted by atomic mass is 16.5. The van der Waals surface area contributed by atoms with Gasteiger partial charge in [-0.2, -0.15) is 0 Å². The lowest BCUT2D eigenvalue weighted by Crippen LogP contribution is -1.97. The number of methoxy groups -OCH3 is 1. The number of aromatic nitrogens is 2. The number of anilines is 2. The number of hydrogen-bond acceptors (Lipinski definition) is 6. The fourth-order valence-corrected chi connectivity index (χ4v) is 2.11. The summed E-state index contributed by atoms with van der Waals surface area (Å²) in [7, 11) is 1.63. The molecule has 0 fully saturated rings. The fraction of sp³-hybridized carbons (Fsp3) is 0.0588. The van der Waals surface area contributed by atoms with Gasteiger partial charge in [0.25, 0.3) is 0 Å². The third-order valence-electron chi connectivity index (χ3n) is 3.25. The van der Waals surface area contributed by atoms with E-state index in [0.717, 1.165) is 17.0 Å². The second kappa shape index (κ2) is 6.65. The molecule has 0 aliphatic carbocycles. The first-order chi connectivity index (χ1) is 11.3. The topological polar surface area (TPSA) is 76.5 Å². The molecule has 0 spiro atoms. The summed E-state index contributed by atoms with van der Waals surface area (Å²) in [6.07, 6.45) is 1.68. The van der Waals surface area contributed by atoms with Crippen LogP contribution in [0.1, 0.15) is 0 Å². The van der Waals surface area contributed by atoms with Crippen LogP contribution in [0.5, 0.6) is 5.75 Å². The van der Waals surface area contributed by atoms with E-state index in [-0.39, 0.29) is 0 Å². The number of rotatable bonds is 5. The van der Waals surface area contributed by atoms with Gasteiger partial charge in [-0.15, -0.1) is 4.91 Å². The molecule has 114 valence electrons. The van der Waals surface area contributed by atoms with Crippen molar-refractivity contribution in [3.63, 3.8) is 0 Å². The first-order valence-corrected chi connectivity index (χ1v) is 6.96. The maximum atomic E-state index is 10.6. The minimum atomic E-state index is 0.348. The van der Waals surface area contributed by atoms with Gasteiger partial charge in [-0.25, -0.2) is 9.97 Å². The second-order valence-corrected chi connectivity index (χ2v) is 4.76. The molecular formula is C17H14N4O2. The van der Waals surface area contributed by atoms with E-state index in [0.29, 0.717) is 17.3 Å². The van der Waals surface area contributed by atoms with Gasteiger partial charge in [-0.1, -0.05) is 6.07 Å². The average molecular weight is 306 g/mol. The molecule has 0 aliphatic rings. The maximum absolute atomic E-state index is 10.6. The van der Waals surface area contributed by atoms with Crippen LogP contribution in [-0.2, 0) is 0 Å². The summed E-state index contributed by atoms with van der Waals surface area (Å²) < 4.78 is 5.15. The van der Waals surface area contributed by atoms with Crippen LogP contribution in [0, 0.1) is 4.91 Å². The second-order valence-electron chi connectivity index (χ2n) is 4.76. The van der Waals surface area contributed by atoms with Crippen molar-refractivity contribution in [3.05, 3.63) is 65.7 Å². The Balaban J connectivity index is 1.85. The zero-order valence-corrected chi connectivity index (χ0v) is 12.4. The summed E-state index contributed by atoms with van der Waals surface area (Å²) in [6, 6.07) is 16.3. The van der Waals surface area contributed by atoms with Crippen molar-refractivity contribution in [2.75, 3.05) is 12.4 Å². The Morgan fingerprint density at radius 2 is 1.91 bits per heavy atom. The smallest absolute Gasteiger partial charge is 0.227 e. The summed E-state index contributed by atoms with van der Waals surface area (Å²) in [6.45, 7) is 0. The van der Waals surface area contributed by atoms with E-state index in [9.17, 15) is 4.91 Å². The van der Waals surface area contributed by atoms with Gasteiger partial charge in [-0.05, 0) is 53.7 Å². The molecule has 1 aromatic heterocycles. The van der Waals surface area contributed by atoms with Crippen molar-refractivity contribution in [1.29, 1.82) is 0 Å². The first kappa shape index (κ1) is 14.6. The molecule has 0 aliphatic heterocycles. The van der Waals surface area contributed by atoms with E-state index < -0.39 is 0 Å². The van der Waals surface area contributed by atoms with Crippen molar-refractivity contribution in [1.82, 2.24) is 9.97 Å². The van der Waals surface area contributed by atoms with Crippen LogP contribution < -0.4 is 10.1 Å². The van der Waals surface area contributed by atoms with Gasteiger partial charge in [0.2, 0.25) is 5.95 Å². The first-order valence-electron chi connectivity index (χ1n) is 6.96. The van der Waals surface area contributed by atoms with Crippen molar-refractivity contribution in [2.45, 2.75) is 0 Å². The number of nitroso groups, excluding NO2 is 1. The van der Waals surface area contributed by atoms with Gasteiger partial charge >= 0.3 is 0 Å². The molecule has 0 unspecified atom stereocenters. The minimum Gasteiger partial charge on any atom is -0.497 e. The Hall–Kier alpha value is -3.28. The molecule has 6 nitrogen and oxygen atoms in total. The molecule has 2 aromatic carbocycles. The molecule has 6 heteroatoms. The summed E-state index contributed by atoms with van der Waals surface area (Å²) in [5.41, 5.74) is 2.80. The van der Waals surface area contributed by atoms with Crippen LogP contribution in [-0.4, -0.2) is 17.1 Å². The third kappa shape index (κ3) is 3.49. The number of hydrogen-bond donors (Lipinski definition) is 1. The molecule has 0 bridgehead atoms. The van der Waals surface area contributed by atoms with Crippen molar-refractivity contribution in [3.8, 4) is 17.0 Å². The van der Waals surface area contributed by atoms with E-state index in [1.54, 1.807) is 31.5 Å². The Morgan fingerprint density at radius 1 is 1.09 bits per heavy atom. The normalized spacial score (nSPS) is 10.1. The molecule has 1 N–H and O–H groups in total. The molecule has 3 rings (SSSR count). The number of benzene rings is 2. The molecule has 23 heavy (non-hydrogen) atoms. The van der Waals surface area contributed by atoms with Crippen LogP contribution >= 0.6 is 0 Å². The van der Waals surface area contributed by atoms with E-state index >= 15 is 0 Å². The van der Waals surface area contributed by atoms with Crippen LogP contribution in [0.4, 0.5) is 17.3 Å². The van der Waals surface area contributed by atoms with Crippen molar-refractivity contribution < 1.29 is 4.74 Å². The zero-order valence-electron chi connectivity index (χ0n) is 12.4. The van der Waals surface area contributed by atoms with Gasteiger partial charge < -0.3 is 10.1 Å². The Kier molecular flexibility index (Phi) is 4.24. The number of nitrogens with one attached hydrogen (secondary N) is 1. The molecule has 3 aromatic rings. The molecule has 0 saturated carbocycles. The molecular weight excluding hydrogens is 292 g/mol. The zero-order chi connectivity index (χ0) is 16.1. The summed E-state index contributed by atoms with van der Waals surface area (Å²) in [4.78, 5) is 19.3. The van der Waals surface area contributed by atoms with Crippen molar-refractivity contribution >= 4 is 17.3 Å². The quantitative estimate of drug-likeness (QED) is 0.711. The average Bonchev–Trinajstić information content (AvgIpc) is 2.62. The molecule has 0 amide bonds. The highest BCUT2D eigenvalue weighted by Gasteiger charge is 2.04. The molecule has 0 atom stereocenters. The Morgan fingerprint density at radius 3 is 2.65 bits per heavy atom. The predicted molar refractivity (Wildman–Crippen MR) is 89.2 cm³/mol.